The van der Waals surface area contributed by atoms with E-state index in [1.165, 1.54) is 0 Å². The smallest absolute Gasteiger partial charge is 0.339 e. The van der Waals surface area contributed by atoms with Crippen LogP contribution in [0.3, 0.4) is 0 Å². The summed E-state index contributed by atoms with van der Waals surface area (Å²) in [7, 11) is 0. The number of hydrogen-bond acceptors (Lipinski definition) is 5. The van der Waals surface area contributed by atoms with Crippen molar-refractivity contribution < 1.29 is 29.4 Å². The molecule has 0 saturated carbocycles. The Kier molecular flexibility index (Phi) is 5.32. The molecule has 0 radical (unpaired) electrons. The van der Waals surface area contributed by atoms with Crippen molar-refractivity contribution in [3.8, 4) is 0 Å². The monoisotopic (exact) mass is 219 g/mol. The van der Waals surface area contributed by atoms with Crippen LogP contribution in [0, 0.1) is 11.8 Å². The quantitative estimate of drug-likeness (QED) is 0.409. The van der Waals surface area contributed by atoms with Crippen molar-refractivity contribution in [1.29, 1.82) is 0 Å². The van der Waals surface area contributed by atoms with Crippen molar-refractivity contribution in [3.63, 3.8) is 0 Å². The van der Waals surface area contributed by atoms with Crippen molar-refractivity contribution in [3.05, 3.63) is 0 Å². The summed E-state index contributed by atoms with van der Waals surface area (Å²) in [4.78, 5) is 36.2. The number of hydrogen-bond donors (Lipinski definition) is 3. The van der Waals surface area contributed by atoms with Gasteiger partial charge in [-0.25, -0.2) is 4.79 Å². The molecule has 0 aromatic heterocycles. The maximum Gasteiger partial charge on any atom is 0.339 e. The van der Waals surface area contributed by atoms with Gasteiger partial charge in [-0.2, -0.15) is 5.90 Å². The van der Waals surface area contributed by atoms with Gasteiger partial charge >= 0.3 is 17.9 Å². The van der Waals surface area contributed by atoms with Gasteiger partial charge in [0, 0.05) is 0 Å². The fourth-order valence-electron chi connectivity index (χ4n) is 1.25. The lowest BCUT2D eigenvalue weighted by Gasteiger charge is -2.16. The van der Waals surface area contributed by atoms with Crippen LogP contribution in [0.4, 0.5) is 0 Å². The van der Waals surface area contributed by atoms with Crippen molar-refractivity contribution in [2.45, 2.75) is 19.8 Å². The summed E-state index contributed by atoms with van der Waals surface area (Å²) >= 11 is 0. The average molecular weight is 219 g/mol. The predicted molar refractivity (Wildman–Crippen MR) is 47.4 cm³/mol. The van der Waals surface area contributed by atoms with Gasteiger partial charge in [0.1, 0.15) is 0 Å². The molecule has 7 heteroatoms. The second-order valence-corrected chi connectivity index (χ2v) is 2.99. The molecule has 4 N–H and O–H groups in total. The number of carboxylic acids is 2. The van der Waals surface area contributed by atoms with Crippen LogP contribution < -0.4 is 5.90 Å². The Balaban J connectivity index is 4.91. The van der Waals surface area contributed by atoms with Gasteiger partial charge in [0.2, 0.25) is 0 Å². The minimum absolute atomic E-state index is 0.0708. The molecule has 0 rings (SSSR count). The number of rotatable bonds is 6. The third kappa shape index (κ3) is 3.55. The minimum atomic E-state index is -1.76. The van der Waals surface area contributed by atoms with E-state index in [0.29, 0.717) is 6.42 Å². The van der Waals surface area contributed by atoms with E-state index >= 15 is 0 Å². The summed E-state index contributed by atoms with van der Waals surface area (Å²) in [5.74, 6) is -2.68. The highest BCUT2D eigenvalue weighted by Gasteiger charge is 2.40. The van der Waals surface area contributed by atoms with E-state index < -0.39 is 29.7 Å². The van der Waals surface area contributed by atoms with E-state index in [4.69, 9.17) is 10.2 Å². The molecule has 86 valence electrons. The number of nitrogens with two attached hydrogens (primary N) is 1. The molecule has 0 heterocycles. The molecule has 0 aromatic rings. The standard InChI is InChI=1S/C8H13NO6/c1-2-3-4(6(10)11)5(7(12)13)8(14)15-9/h4-5H,2-3,9H2,1H3,(H,10,11)(H,12,13)/t4-,5?/m0/s1. The van der Waals surface area contributed by atoms with Gasteiger partial charge in [-0.1, -0.05) is 13.3 Å². The lowest BCUT2D eigenvalue weighted by atomic mass is 9.88. The highest BCUT2D eigenvalue weighted by Crippen LogP contribution is 2.19. The van der Waals surface area contributed by atoms with Gasteiger partial charge < -0.3 is 15.1 Å². The first-order chi connectivity index (χ1) is 6.95. The third-order valence-corrected chi connectivity index (χ3v) is 1.96. The van der Waals surface area contributed by atoms with Crippen molar-refractivity contribution >= 4 is 17.9 Å². The molecule has 0 aliphatic carbocycles. The van der Waals surface area contributed by atoms with Crippen LogP contribution in [0.2, 0.25) is 0 Å². The van der Waals surface area contributed by atoms with Crippen molar-refractivity contribution in [2.75, 3.05) is 0 Å². The first-order valence-corrected chi connectivity index (χ1v) is 4.31. The first kappa shape index (κ1) is 13.4. The largest absolute Gasteiger partial charge is 0.481 e. The van der Waals surface area contributed by atoms with E-state index in [1.807, 2.05) is 0 Å². The van der Waals surface area contributed by atoms with Gasteiger partial charge in [0.25, 0.3) is 0 Å². The molecule has 0 aromatic carbocycles. The van der Waals surface area contributed by atoms with E-state index in [1.54, 1.807) is 6.92 Å². The predicted octanol–water partition coefficient (Wildman–Crippen LogP) is -0.395. The molecule has 0 saturated heterocycles. The van der Waals surface area contributed by atoms with Gasteiger partial charge in [-0.15, -0.1) is 0 Å². The van der Waals surface area contributed by atoms with Crippen LogP contribution in [-0.4, -0.2) is 28.1 Å². The topological polar surface area (TPSA) is 127 Å². The van der Waals surface area contributed by atoms with Crippen LogP contribution in [-0.2, 0) is 19.2 Å². The van der Waals surface area contributed by atoms with E-state index in [-0.39, 0.29) is 6.42 Å². The Morgan fingerprint density at radius 3 is 2.07 bits per heavy atom. The van der Waals surface area contributed by atoms with Crippen molar-refractivity contribution in [2.24, 2.45) is 17.7 Å². The molecule has 0 spiro atoms. The zero-order valence-corrected chi connectivity index (χ0v) is 8.17. The Labute approximate surface area is 85.8 Å². The number of carbonyl (C=O) groups excluding carboxylic acids is 1. The molecular weight excluding hydrogens is 206 g/mol. The lowest BCUT2D eigenvalue weighted by Crippen LogP contribution is -2.38. The van der Waals surface area contributed by atoms with Crippen LogP contribution in [0.15, 0.2) is 0 Å². The first-order valence-electron chi connectivity index (χ1n) is 4.31. The normalized spacial score (nSPS) is 14.0. The zero-order valence-electron chi connectivity index (χ0n) is 8.17. The summed E-state index contributed by atoms with van der Waals surface area (Å²) in [6.45, 7) is 1.68. The molecule has 2 atom stereocenters. The summed E-state index contributed by atoms with van der Waals surface area (Å²) < 4.78 is 0. The molecule has 15 heavy (non-hydrogen) atoms. The van der Waals surface area contributed by atoms with Gasteiger partial charge in [-0.05, 0) is 6.42 Å². The van der Waals surface area contributed by atoms with E-state index in [0.717, 1.165) is 0 Å². The third-order valence-electron chi connectivity index (χ3n) is 1.96. The fourth-order valence-corrected chi connectivity index (χ4v) is 1.25. The Hall–Kier alpha value is -1.63. The highest BCUT2D eigenvalue weighted by atomic mass is 16.7. The van der Waals surface area contributed by atoms with Crippen LogP contribution in [0.1, 0.15) is 19.8 Å². The molecule has 0 amide bonds. The summed E-state index contributed by atoms with van der Waals surface area (Å²) in [6.07, 6.45) is 0.514. The van der Waals surface area contributed by atoms with Gasteiger partial charge in [0.15, 0.2) is 5.92 Å². The second-order valence-electron chi connectivity index (χ2n) is 2.99. The Bertz CT molecular complexity index is 264. The number of carbonyl (C=O) groups is 3. The zero-order chi connectivity index (χ0) is 12.0. The fraction of sp³-hybridized carbons (Fsp3) is 0.625. The molecule has 0 aliphatic heterocycles. The second kappa shape index (κ2) is 5.97. The van der Waals surface area contributed by atoms with E-state index in [9.17, 15) is 14.4 Å². The van der Waals surface area contributed by atoms with Crippen LogP contribution in [0.25, 0.3) is 0 Å². The van der Waals surface area contributed by atoms with E-state index in [2.05, 4.69) is 10.7 Å². The molecule has 1 unspecified atom stereocenters. The molecule has 0 fully saturated rings. The minimum Gasteiger partial charge on any atom is -0.481 e. The van der Waals surface area contributed by atoms with Gasteiger partial charge in [0.05, 0.1) is 5.92 Å². The maximum absolute atomic E-state index is 11.0. The van der Waals surface area contributed by atoms with Gasteiger partial charge in [-0.3, -0.25) is 9.59 Å². The summed E-state index contributed by atoms with van der Waals surface area (Å²) in [6, 6.07) is 0. The Morgan fingerprint density at radius 2 is 1.80 bits per heavy atom. The molecule has 0 bridgehead atoms. The number of carboxylic acid groups (broad SMARTS) is 2. The van der Waals surface area contributed by atoms with Crippen molar-refractivity contribution in [1.82, 2.24) is 0 Å². The SMILES string of the molecule is CCC[C@H](C(=O)O)C(C(=O)O)C(=O)ON. The summed E-state index contributed by atoms with van der Waals surface area (Å²) in [5.41, 5.74) is 0. The molecular formula is C8H13NO6. The average Bonchev–Trinajstić information content (AvgIpc) is 2.15. The lowest BCUT2D eigenvalue weighted by molar-refractivity contribution is -0.168. The highest BCUT2D eigenvalue weighted by molar-refractivity contribution is 5.97. The maximum atomic E-state index is 11.0. The molecule has 0 aliphatic rings. The summed E-state index contributed by atoms with van der Waals surface area (Å²) in [5, 5.41) is 17.5. The Morgan fingerprint density at radius 1 is 1.27 bits per heavy atom. The number of aliphatic carboxylic acids is 2. The molecule has 7 nitrogen and oxygen atoms in total. The van der Waals surface area contributed by atoms with Crippen LogP contribution in [0.5, 0.6) is 0 Å². The van der Waals surface area contributed by atoms with Crippen LogP contribution >= 0.6 is 0 Å².